The number of ether oxygens (including phenoxy) is 1. The molecule has 0 unspecified atom stereocenters. The summed E-state index contributed by atoms with van der Waals surface area (Å²) in [6.45, 7) is 4.43. The van der Waals surface area contributed by atoms with Crippen LogP contribution in [0.15, 0.2) is 64.3 Å². The van der Waals surface area contributed by atoms with Gasteiger partial charge in [0.1, 0.15) is 11.4 Å². The summed E-state index contributed by atoms with van der Waals surface area (Å²) in [5.74, 6) is 3.32. The van der Waals surface area contributed by atoms with E-state index in [9.17, 15) is 17.1 Å². The van der Waals surface area contributed by atoms with E-state index in [0.29, 0.717) is 34.3 Å². The fourth-order valence-corrected chi connectivity index (χ4v) is 6.53. The molecule has 0 bridgehead atoms. The molecule has 8 heteroatoms. The third kappa shape index (κ3) is 4.89. The largest absolute Gasteiger partial charge is 0.493 e. The van der Waals surface area contributed by atoms with Crippen molar-refractivity contribution >= 4 is 43.1 Å². The number of hydrogen-bond acceptors (Lipinski definition) is 4. The summed E-state index contributed by atoms with van der Waals surface area (Å²) in [5, 5.41) is 1.93. The lowest BCUT2D eigenvalue weighted by molar-refractivity contribution is 0.272. The van der Waals surface area contributed by atoms with Crippen molar-refractivity contribution in [3.8, 4) is 29.2 Å². The molecule has 1 aliphatic rings. The molecule has 1 N–H and O–H groups in total. The Morgan fingerprint density at radius 3 is 2.56 bits per heavy atom. The van der Waals surface area contributed by atoms with Crippen molar-refractivity contribution in [3.63, 3.8) is 0 Å². The van der Waals surface area contributed by atoms with Crippen LogP contribution in [0.4, 0.5) is 3.89 Å². The number of halogens is 1. The first kappa shape index (κ1) is 27.1. The number of aromatic amines is 1. The summed E-state index contributed by atoms with van der Waals surface area (Å²) in [5.41, 5.74) is 3.94. The SMILES string of the molecule is C#Cc1ccc2c(c1)[nH]c1c2c(=O)c2cc(OCC(C)C)c(-c3cccc(S(=O)(=O)F)c3)cc2n1C1CCCCC1. The van der Waals surface area contributed by atoms with Crippen LogP contribution in [0.5, 0.6) is 5.75 Å². The molecule has 3 aromatic carbocycles. The van der Waals surface area contributed by atoms with Gasteiger partial charge in [-0.3, -0.25) is 4.79 Å². The van der Waals surface area contributed by atoms with Crippen LogP contribution in [0.2, 0.25) is 0 Å². The highest BCUT2D eigenvalue weighted by atomic mass is 32.3. The molecule has 0 radical (unpaired) electrons. The van der Waals surface area contributed by atoms with E-state index in [1.165, 1.54) is 24.6 Å². The van der Waals surface area contributed by atoms with E-state index >= 15 is 0 Å². The lowest BCUT2D eigenvalue weighted by Gasteiger charge is -2.28. The quantitative estimate of drug-likeness (QED) is 0.170. The fraction of sp³-hybridized carbons (Fsp3) is 0.303. The summed E-state index contributed by atoms with van der Waals surface area (Å²) in [7, 11) is -4.91. The normalized spacial score (nSPS) is 14.7. The molecular weight excluding hydrogens is 539 g/mol. The van der Waals surface area contributed by atoms with Crippen LogP contribution in [0.3, 0.4) is 0 Å². The molecule has 2 aromatic heterocycles. The maximum absolute atomic E-state index is 14.2. The molecule has 2 heterocycles. The van der Waals surface area contributed by atoms with Crippen LogP contribution in [0, 0.1) is 18.3 Å². The van der Waals surface area contributed by atoms with Crippen molar-refractivity contribution < 1.29 is 17.0 Å². The Kier molecular flexibility index (Phi) is 6.87. The number of H-pyrrole nitrogens is 1. The van der Waals surface area contributed by atoms with Crippen LogP contribution < -0.4 is 10.2 Å². The number of fused-ring (bicyclic) bond motifs is 4. The van der Waals surface area contributed by atoms with Crippen molar-refractivity contribution in [1.29, 1.82) is 0 Å². The maximum Gasteiger partial charge on any atom is 0.332 e. The highest BCUT2D eigenvalue weighted by Gasteiger charge is 2.25. The molecule has 6 rings (SSSR count). The molecule has 0 saturated heterocycles. The Balaban J connectivity index is 1.73. The van der Waals surface area contributed by atoms with Gasteiger partial charge in [-0.1, -0.05) is 57.2 Å². The highest BCUT2D eigenvalue weighted by molar-refractivity contribution is 7.86. The van der Waals surface area contributed by atoms with Crippen molar-refractivity contribution in [2.24, 2.45) is 5.92 Å². The molecule has 1 saturated carbocycles. The van der Waals surface area contributed by atoms with Gasteiger partial charge >= 0.3 is 10.2 Å². The van der Waals surface area contributed by atoms with E-state index in [-0.39, 0.29) is 17.4 Å². The van der Waals surface area contributed by atoms with Crippen LogP contribution in [-0.2, 0) is 10.2 Å². The maximum atomic E-state index is 14.2. The third-order valence-electron chi connectivity index (χ3n) is 7.95. The summed E-state index contributed by atoms with van der Waals surface area (Å²) < 4.78 is 45.9. The Labute approximate surface area is 238 Å². The zero-order valence-electron chi connectivity index (χ0n) is 23.0. The fourth-order valence-electron chi connectivity index (χ4n) is 6.02. The molecule has 0 spiro atoms. The van der Waals surface area contributed by atoms with E-state index in [1.807, 2.05) is 38.1 Å². The van der Waals surface area contributed by atoms with E-state index in [2.05, 4.69) is 15.5 Å². The second kappa shape index (κ2) is 10.4. The van der Waals surface area contributed by atoms with Gasteiger partial charge < -0.3 is 14.3 Å². The number of aromatic nitrogens is 2. The van der Waals surface area contributed by atoms with Crippen LogP contribution >= 0.6 is 0 Å². The lowest BCUT2D eigenvalue weighted by Crippen LogP contribution is -2.18. The van der Waals surface area contributed by atoms with Crippen LogP contribution in [-0.4, -0.2) is 24.6 Å². The molecule has 5 aromatic rings. The molecule has 41 heavy (non-hydrogen) atoms. The highest BCUT2D eigenvalue weighted by Crippen LogP contribution is 2.40. The topological polar surface area (TPSA) is 81.2 Å². The summed E-state index contributed by atoms with van der Waals surface area (Å²) in [6, 6.07) is 15.2. The first-order chi connectivity index (χ1) is 19.7. The minimum absolute atomic E-state index is 0.122. The standard InChI is InChI=1S/C33H31FN2O4S/c1-4-21-13-14-25-28(15-21)35-33-31(25)32(37)27-18-30(40-19-20(2)3)26(22-9-8-12-24(16-22)41(34,38)39)17-29(27)36(33)23-10-6-5-7-11-23/h1,8-9,12-18,20,23,35H,5-7,10-11,19H2,2-3H3. The van der Waals surface area contributed by atoms with Gasteiger partial charge in [0.2, 0.25) is 0 Å². The van der Waals surface area contributed by atoms with Gasteiger partial charge in [0.05, 0.1) is 27.8 Å². The number of nitrogens with zero attached hydrogens (tertiary/aromatic N) is 1. The Hall–Kier alpha value is -4.09. The van der Waals surface area contributed by atoms with Gasteiger partial charge in [-0.15, -0.1) is 10.3 Å². The number of hydrogen-bond donors (Lipinski definition) is 1. The number of benzene rings is 3. The zero-order valence-corrected chi connectivity index (χ0v) is 23.9. The predicted octanol–water partition coefficient (Wildman–Crippen LogP) is 7.48. The van der Waals surface area contributed by atoms with Gasteiger partial charge in [-0.05, 0) is 60.7 Å². The number of nitrogens with one attached hydrogen (secondary N) is 1. The molecule has 0 aliphatic heterocycles. The van der Waals surface area contributed by atoms with E-state index < -0.39 is 15.1 Å². The number of pyridine rings is 1. The van der Waals surface area contributed by atoms with Gasteiger partial charge in [0, 0.05) is 28.1 Å². The summed E-state index contributed by atoms with van der Waals surface area (Å²) in [4.78, 5) is 17.3. The second-order valence-electron chi connectivity index (χ2n) is 11.3. The first-order valence-electron chi connectivity index (χ1n) is 14.0. The van der Waals surface area contributed by atoms with Gasteiger partial charge in [0.25, 0.3) is 0 Å². The van der Waals surface area contributed by atoms with Crippen LogP contribution in [0.25, 0.3) is 44.0 Å². The molecule has 210 valence electrons. The molecule has 1 fully saturated rings. The van der Waals surface area contributed by atoms with Crippen molar-refractivity contribution in [3.05, 3.63) is 70.4 Å². The van der Waals surface area contributed by atoms with E-state index in [1.54, 1.807) is 12.1 Å². The Morgan fingerprint density at radius 1 is 1.07 bits per heavy atom. The number of rotatable bonds is 6. The van der Waals surface area contributed by atoms with Crippen molar-refractivity contribution in [2.45, 2.75) is 56.9 Å². The van der Waals surface area contributed by atoms with Crippen molar-refractivity contribution in [2.75, 3.05) is 6.61 Å². The molecular formula is C33H31FN2O4S. The third-order valence-corrected chi connectivity index (χ3v) is 8.77. The Morgan fingerprint density at radius 2 is 1.85 bits per heavy atom. The first-order valence-corrected chi connectivity index (χ1v) is 15.4. The van der Waals surface area contributed by atoms with Crippen molar-refractivity contribution in [1.82, 2.24) is 9.55 Å². The minimum Gasteiger partial charge on any atom is -0.493 e. The number of terminal acetylenes is 1. The minimum atomic E-state index is -4.91. The average molecular weight is 571 g/mol. The molecule has 0 atom stereocenters. The predicted molar refractivity (Wildman–Crippen MR) is 162 cm³/mol. The van der Waals surface area contributed by atoms with E-state index in [4.69, 9.17) is 11.2 Å². The zero-order chi connectivity index (χ0) is 28.9. The van der Waals surface area contributed by atoms with Gasteiger partial charge in [-0.2, -0.15) is 8.42 Å². The van der Waals surface area contributed by atoms with Gasteiger partial charge in [-0.25, -0.2) is 0 Å². The summed E-state index contributed by atoms with van der Waals surface area (Å²) in [6.07, 6.45) is 10.9. The van der Waals surface area contributed by atoms with Crippen LogP contribution in [0.1, 0.15) is 57.6 Å². The van der Waals surface area contributed by atoms with E-state index in [0.717, 1.165) is 53.3 Å². The average Bonchev–Trinajstić information content (AvgIpc) is 3.34. The molecule has 0 amide bonds. The monoisotopic (exact) mass is 570 g/mol. The lowest BCUT2D eigenvalue weighted by atomic mass is 9.93. The molecule has 1 aliphatic carbocycles. The smallest absolute Gasteiger partial charge is 0.332 e. The second-order valence-corrected chi connectivity index (χ2v) is 12.6. The molecule has 6 nitrogen and oxygen atoms in total. The Bertz CT molecular complexity index is 2030. The summed E-state index contributed by atoms with van der Waals surface area (Å²) >= 11 is 0. The van der Waals surface area contributed by atoms with Gasteiger partial charge in [0.15, 0.2) is 5.43 Å².